The predicted octanol–water partition coefficient (Wildman–Crippen LogP) is 6.22. The van der Waals surface area contributed by atoms with E-state index in [2.05, 4.69) is 12.1 Å². The number of ether oxygens (including phenoxy) is 3. The smallest absolute Gasteiger partial charge is 0.174 e. The summed E-state index contributed by atoms with van der Waals surface area (Å²) >= 11 is 13.0. The number of aromatic nitrogens is 1. The van der Waals surface area contributed by atoms with Crippen LogP contribution in [0.5, 0.6) is 0 Å². The van der Waals surface area contributed by atoms with Crippen molar-refractivity contribution in [3.05, 3.63) is 39.6 Å². The Kier molecular flexibility index (Phi) is 5.12. The first-order valence-electron chi connectivity index (χ1n) is 11.4. The molecule has 1 aromatic carbocycles. The van der Waals surface area contributed by atoms with Gasteiger partial charge in [0.05, 0.1) is 36.0 Å². The molecule has 0 radical (unpaired) electrons. The average Bonchev–Trinajstić information content (AvgIpc) is 3.30. The number of benzene rings is 1. The van der Waals surface area contributed by atoms with Crippen molar-refractivity contribution in [2.24, 2.45) is 17.8 Å². The van der Waals surface area contributed by atoms with E-state index in [4.69, 9.17) is 41.9 Å². The first kappa shape index (κ1) is 20.5. The van der Waals surface area contributed by atoms with Crippen LogP contribution in [0.4, 0.5) is 0 Å². The van der Waals surface area contributed by atoms with Gasteiger partial charge in [-0.1, -0.05) is 41.3 Å². The molecule has 2 heterocycles. The average molecular weight is 464 g/mol. The van der Waals surface area contributed by atoms with Gasteiger partial charge in [0.1, 0.15) is 11.5 Å². The van der Waals surface area contributed by atoms with Crippen LogP contribution in [0.15, 0.2) is 22.7 Å². The van der Waals surface area contributed by atoms with E-state index in [-0.39, 0.29) is 11.9 Å². The third-order valence-electron chi connectivity index (χ3n) is 7.66. The van der Waals surface area contributed by atoms with E-state index in [9.17, 15) is 0 Å². The van der Waals surface area contributed by atoms with Crippen molar-refractivity contribution in [3.63, 3.8) is 0 Å². The van der Waals surface area contributed by atoms with Gasteiger partial charge in [-0.15, -0.1) is 0 Å². The molecule has 1 aliphatic heterocycles. The Bertz CT molecular complexity index is 962. The summed E-state index contributed by atoms with van der Waals surface area (Å²) in [4.78, 5) is 0. The highest BCUT2D eigenvalue weighted by Crippen LogP contribution is 2.57. The van der Waals surface area contributed by atoms with Crippen LogP contribution in [0.2, 0.25) is 10.0 Å². The van der Waals surface area contributed by atoms with Gasteiger partial charge in [-0.25, -0.2) is 0 Å². The van der Waals surface area contributed by atoms with Crippen molar-refractivity contribution in [1.29, 1.82) is 0 Å². The monoisotopic (exact) mass is 463 g/mol. The van der Waals surface area contributed by atoms with Crippen molar-refractivity contribution < 1.29 is 18.7 Å². The van der Waals surface area contributed by atoms with Crippen LogP contribution in [0.1, 0.15) is 56.3 Å². The van der Waals surface area contributed by atoms with Gasteiger partial charge in [0.25, 0.3) is 0 Å². The number of hydrogen-bond donors (Lipinski definition) is 0. The lowest BCUT2D eigenvalue weighted by Crippen LogP contribution is -2.48. The van der Waals surface area contributed by atoms with Crippen molar-refractivity contribution in [2.75, 3.05) is 13.2 Å². The Labute approximate surface area is 192 Å². The van der Waals surface area contributed by atoms with Crippen LogP contribution >= 0.6 is 23.2 Å². The third-order valence-corrected chi connectivity index (χ3v) is 8.29. The third kappa shape index (κ3) is 3.36. The molecule has 166 valence electrons. The Hall–Kier alpha value is -1.11. The van der Waals surface area contributed by atoms with Crippen LogP contribution < -0.4 is 0 Å². The quantitative estimate of drug-likeness (QED) is 0.526. The minimum absolute atomic E-state index is 0.176. The Morgan fingerprint density at radius 3 is 2.52 bits per heavy atom. The zero-order valence-electron chi connectivity index (χ0n) is 17.6. The van der Waals surface area contributed by atoms with E-state index in [0.717, 1.165) is 49.0 Å². The van der Waals surface area contributed by atoms with Crippen LogP contribution in [-0.2, 0) is 20.8 Å². The second-order valence-corrected chi connectivity index (χ2v) is 10.4. The molecule has 2 aromatic rings. The van der Waals surface area contributed by atoms with Gasteiger partial charge < -0.3 is 18.7 Å². The lowest BCUT2D eigenvalue weighted by molar-refractivity contribution is -0.241. The molecular formula is C24H27Cl2NO4. The zero-order valence-corrected chi connectivity index (χ0v) is 19.1. The summed E-state index contributed by atoms with van der Waals surface area (Å²) in [6, 6.07) is 5.51. The van der Waals surface area contributed by atoms with Crippen LogP contribution in [0.3, 0.4) is 0 Å². The highest BCUT2D eigenvalue weighted by molar-refractivity contribution is 6.39. The minimum Gasteiger partial charge on any atom is -0.373 e. The largest absolute Gasteiger partial charge is 0.373 e. The molecule has 1 spiro atoms. The molecule has 6 rings (SSSR count). The van der Waals surface area contributed by atoms with Gasteiger partial charge in [0.2, 0.25) is 0 Å². The molecule has 4 aliphatic rings. The number of nitrogens with zero attached hydrogens (tertiary/aromatic N) is 1. The number of halogens is 2. The normalized spacial score (nSPS) is 31.6. The summed E-state index contributed by atoms with van der Waals surface area (Å²) in [5, 5.41) is 5.53. The highest BCUT2D eigenvalue weighted by Gasteiger charge is 2.61. The maximum absolute atomic E-state index is 6.52. The molecule has 0 N–H and O–H groups in total. The van der Waals surface area contributed by atoms with Crippen LogP contribution in [-0.4, -0.2) is 30.3 Å². The molecule has 2 bridgehead atoms. The van der Waals surface area contributed by atoms with Gasteiger partial charge in [-0.2, -0.15) is 0 Å². The minimum atomic E-state index is -0.369. The molecule has 1 aromatic heterocycles. The van der Waals surface area contributed by atoms with Gasteiger partial charge in [-0.3, -0.25) is 0 Å². The lowest BCUT2D eigenvalue weighted by Gasteiger charge is -2.42. The summed E-state index contributed by atoms with van der Waals surface area (Å²) in [7, 11) is 0. The summed E-state index contributed by atoms with van der Waals surface area (Å²) in [6.07, 6.45) is 5.50. The van der Waals surface area contributed by atoms with Gasteiger partial charge in [0.15, 0.2) is 5.79 Å². The summed E-state index contributed by atoms with van der Waals surface area (Å²) in [5.74, 6) is 2.36. The fourth-order valence-corrected chi connectivity index (χ4v) is 6.69. The first-order valence-corrected chi connectivity index (χ1v) is 12.1. The van der Waals surface area contributed by atoms with Gasteiger partial charge in [-0.05, 0) is 50.2 Å². The molecule has 4 fully saturated rings. The second-order valence-electron chi connectivity index (χ2n) is 9.58. The fraction of sp³-hybridized carbons (Fsp3) is 0.625. The van der Waals surface area contributed by atoms with E-state index >= 15 is 0 Å². The lowest BCUT2D eigenvalue weighted by atomic mass is 9.79. The topological polar surface area (TPSA) is 53.7 Å². The van der Waals surface area contributed by atoms with E-state index in [1.54, 1.807) is 0 Å². The van der Waals surface area contributed by atoms with E-state index in [0.29, 0.717) is 59.2 Å². The van der Waals surface area contributed by atoms with Crippen molar-refractivity contribution in [1.82, 2.24) is 5.16 Å². The maximum atomic E-state index is 6.52. The molecule has 3 saturated carbocycles. The van der Waals surface area contributed by atoms with Gasteiger partial charge >= 0.3 is 0 Å². The molecular weight excluding hydrogens is 437 g/mol. The summed E-state index contributed by atoms with van der Waals surface area (Å²) < 4.78 is 24.6. The van der Waals surface area contributed by atoms with Gasteiger partial charge in [0, 0.05) is 28.9 Å². The second kappa shape index (κ2) is 7.74. The standard InChI is InChI=1S/C24H27Cl2NO4/c1-13-9-15-10-16(11-18(13)24(15)29-7-8-30-24)28-12-17-22(27-31-23(17)14-5-6-14)21-19(25)3-2-4-20(21)26/h2-4,13-16,18H,5-12H2,1H3/t13-,15+,16-,18?/m0/s1. The van der Waals surface area contributed by atoms with Crippen LogP contribution in [0, 0.1) is 17.8 Å². The Morgan fingerprint density at radius 1 is 1.10 bits per heavy atom. The SMILES string of the molecule is C[C@H]1C[C@@H]2C[C@H](OCc3c(-c4c(Cl)cccc4Cl)noc3C3CC3)CC1C21OCCO1. The number of hydrogen-bond acceptors (Lipinski definition) is 5. The van der Waals surface area contributed by atoms with E-state index in [1.807, 2.05) is 18.2 Å². The molecule has 5 nitrogen and oxygen atoms in total. The fourth-order valence-electron chi connectivity index (χ4n) is 6.11. The highest BCUT2D eigenvalue weighted by atomic mass is 35.5. The molecule has 31 heavy (non-hydrogen) atoms. The first-order chi connectivity index (χ1) is 15.1. The van der Waals surface area contributed by atoms with Crippen LogP contribution in [0.25, 0.3) is 11.3 Å². The summed E-state index contributed by atoms with van der Waals surface area (Å²) in [5.41, 5.74) is 2.43. The predicted molar refractivity (Wildman–Crippen MR) is 117 cm³/mol. The Morgan fingerprint density at radius 2 is 1.84 bits per heavy atom. The van der Waals surface area contributed by atoms with E-state index < -0.39 is 0 Å². The molecule has 4 atom stereocenters. The molecule has 7 heteroatoms. The molecule has 1 unspecified atom stereocenters. The molecule has 0 amide bonds. The van der Waals surface area contributed by atoms with Crippen molar-refractivity contribution >= 4 is 23.2 Å². The molecule has 1 saturated heterocycles. The number of rotatable bonds is 5. The van der Waals surface area contributed by atoms with Crippen molar-refractivity contribution in [2.45, 2.75) is 63.4 Å². The Balaban J connectivity index is 1.25. The van der Waals surface area contributed by atoms with Crippen molar-refractivity contribution in [3.8, 4) is 11.3 Å². The molecule has 3 aliphatic carbocycles. The van der Waals surface area contributed by atoms with E-state index in [1.165, 1.54) is 0 Å². The maximum Gasteiger partial charge on any atom is 0.174 e. The summed E-state index contributed by atoms with van der Waals surface area (Å²) in [6.45, 7) is 4.19. The zero-order chi connectivity index (χ0) is 21.2.